The molecule has 5 atom stereocenters. The van der Waals surface area contributed by atoms with Crippen LogP contribution in [0.2, 0.25) is 5.02 Å². The normalized spacial score (nSPS) is 31.7. The van der Waals surface area contributed by atoms with Crippen molar-refractivity contribution in [1.29, 1.82) is 0 Å². The summed E-state index contributed by atoms with van der Waals surface area (Å²) in [6, 6.07) is 12.1. The van der Waals surface area contributed by atoms with Crippen molar-refractivity contribution in [3.8, 4) is 5.75 Å². The summed E-state index contributed by atoms with van der Waals surface area (Å²) in [5.41, 5.74) is 1.79. The Morgan fingerprint density at radius 3 is 2.47 bits per heavy atom. The first-order chi connectivity index (χ1) is 17.2. The minimum absolute atomic E-state index is 0.232. The molecule has 1 aliphatic carbocycles. The van der Waals surface area contributed by atoms with Gasteiger partial charge in [-0.15, -0.1) is 0 Å². The van der Waals surface area contributed by atoms with Gasteiger partial charge in [0, 0.05) is 10.6 Å². The number of hydrogen-bond acceptors (Lipinski definition) is 8. The number of hydrogen-bond donors (Lipinski definition) is 3. The van der Waals surface area contributed by atoms with Gasteiger partial charge in [-0.25, -0.2) is 0 Å². The Morgan fingerprint density at radius 1 is 1.03 bits per heavy atom. The van der Waals surface area contributed by atoms with E-state index >= 15 is 0 Å². The Morgan fingerprint density at radius 2 is 1.78 bits per heavy atom. The molecule has 0 radical (unpaired) electrons. The van der Waals surface area contributed by atoms with E-state index in [2.05, 4.69) is 4.74 Å². The van der Waals surface area contributed by atoms with Crippen LogP contribution in [0.1, 0.15) is 29.5 Å². The van der Waals surface area contributed by atoms with Crippen LogP contribution in [0.25, 0.3) is 0 Å². The van der Waals surface area contributed by atoms with Gasteiger partial charge in [-0.05, 0) is 54.7 Å². The highest BCUT2D eigenvalue weighted by atomic mass is 35.5. The average Bonchev–Trinajstić information content (AvgIpc) is 3.62. The van der Waals surface area contributed by atoms with Gasteiger partial charge in [0.1, 0.15) is 37.3 Å². The second-order valence-corrected chi connectivity index (χ2v) is 9.58. The number of halogens is 3. The summed E-state index contributed by atoms with van der Waals surface area (Å²) < 4.78 is 53.1. The van der Waals surface area contributed by atoms with E-state index in [1.165, 1.54) is 6.07 Å². The van der Waals surface area contributed by atoms with Gasteiger partial charge < -0.3 is 34.3 Å². The molecule has 2 aromatic carbocycles. The molecule has 3 aliphatic rings. The number of aliphatic hydroxyl groups is 3. The standard InChI is InChI=1S/C25H27ClF2O8/c26-19-8-3-16(25-22(31)20(29)21(30)24(36-25,13-34-25)35-23(27)28)12-15(19)11-14-1-4-17(5-2-14)32-9-10-33-18-6-7-18/h1-5,8,12,18,20-23,29-31H,6-7,9-11,13H2/t20-,21-,22+,24+,25-/m0/s1. The average molecular weight is 529 g/mol. The van der Waals surface area contributed by atoms with Crippen LogP contribution in [-0.4, -0.2) is 72.0 Å². The summed E-state index contributed by atoms with van der Waals surface area (Å²) >= 11 is 6.42. The Balaban J connectivity index is 1.32. The van der Waals surface area contributed by atoms with E-state index in [4.69, 9.17) is 30.5 Å². The molecule has 3 N–H and O–H groups in total. The van der Waals surface area contributed by atoms with Crippen molar-refractivity contribution in [2.75, 3.05) is 19.8 Å². The molecule has 0 unspecified atom stereocenters. The molecule has 2 aromatic rings. The predicted octanol–water partition coefficient (Wildman–Crippen LogP) is 2.72. The van der Waals surface area contributed by atoms with Crippen molar-refractivity contribution in [1.82, 2.24) is 0 Å². The zero-order valence-electron chi connectivity index (χ0n) is 19.2. The molecule has 8 nitrogen and oxygen atoms in total. The van der Waals surface area contributed by atoms with E-state index in [9.17, 15) is 24.1 Å². The van der Waals surface area contributed by atoms with Crippen LogP contribution >= 0.6 is 11.6 Å². The zero-order chi connectivity index (χ0) is 25.5. The molecule has 2 aliphatic heterocycles. The predicted molar refractivity (Wildman–Crippen MR) is 122 cm³/mol. The fraction of sp³-hybridized carbons (Fsp3) is 0.520. The molecule has 36 heavy (non-hydrogen) atoms. The van der Waals surface area contributed by atoms with Crippen LogP contribution in [0, 0.1) is 0 Å². The summed E-state index contributed by atoms with van der Waals surface area (Å²) in [6.07, 6.45) is -2.58. The topological polar surface area (TPSA) is 107 Å². The van der Waals surface area contributed by atoms with E-state index in [0.717, 1.165) is 18.4 Å². The highest BCUT2D eigenvalue weighted by Gasteiger charge is 2.69. The van der Waals surface area contributed by atoms with Gasteiger partial charge >= 0.3 is 6.61 Å². The number of ether oxygens (including phenoxy) is 5. The Labute approximate surface area is 211 Å². The lowest BCUT2D eigenvalue weighted by atomic mass is 9.87. The van der Waals surface area contributed by atoms with Crippen LogP contribution in [-0.2, 0) is 31.2 Å². The molecule has 2 heterocycles. The fourth-order valence-corrected chi connectivity index (χ4v) is 4.71. The van der Waals surface area contributed by atoms with Crippen LogP contribution in [0.4, 0.5) is 8.78 Å². The highest BCUT2D eigenvalue weighted by Crippen LogP contribution is 2.51. The van der Waals surface area contributed by atoms with Crippen molar-refractivity contribution in [3.05, 3.63) is 64.2 Å². The quantitative estimate of drug-likeness (QED) is 0.404. The zero-order valence-corrected chi connectivity index (χ0v) is 19.9. The largest absolute Gasteiger partial charge is 0.491 e. The van der Waals surface area contributed by atoms with Crippen molar-refractivity contribution < 1.29 is 47.8 Å². The minimum atomic E-state index is -3.31. The van der Waals surface area contributed by atoms with E-state index in [1.807, 2.05) is 24.3 Å². The maximum absolute atomic E-state index is 13.1. The fourth-order valence-electron chi connectivity index (χ4n) is 4.52. The third-order valence-electron chi connectivity index (χ3n) is 6.58. The van der Waals surface area contributed by atoms with E-state index in [0.29, 0.717) is 42.1 Å². The minimum Gasteiger partial charge on any atom is -0.491 e. The molecule has 3 fully saturated rings. The Kier molecular flexibility index (Phi) is 7.23. The molecule has 0 aromatic heterocycles. The summed E-state index contributed by atoms with van der Waals surface area (Å²) in [7, 11) is 0. The number of aliphatic hydroxyl groups excluding tert-OH is 3. The van der Waals surface area contributed by atoms with Crippen molar-refractivity contribution in [2.24, 2.45) is 0 Å². The van der Waals surface area contributed by atoms with Gasteiger partial charge in [0.15, 0.2) is 0 Å². The lowest BCUT2D eigenvalue weighted by molar-refractivity contribution is -0.405. The van der Waals surface area contributed by atoms with E-state index in [1.54, 1.807) is 12.1 Å². The van der Waals surface area contributed by atoms with Gasteiger partial charge in [0.25, 0.3) is 0 Å². The first kappa shape index (κ1) is 25.7. The second kappa shape index (κ2) is 10.1. The van der Waals surface area contributed by atoms with Gasteiger partial charge in [0.2, 0.25) is 11.6 Å². The van der Waals surface area contributed by atoms with Crippen molar-refractivity contribution in [2.45, 2.75) is 61.9 Å². The maximum Gasteiger partial charge on any atom is 0.347 e. The van der Waals surface area contributed by atoms with Crippen molar-refractivity contribution >= 4 is 11.6 Å². The molecule has 1 saturated carbocycles. The van der Waals surface area contributed by atoms with E-state index in [-0.39, 0.29) is 5.56 Å². The van der Waals surface area contributed by atoms with Gasteiger partial charge in [0.05, 0.1) is 12.7 Å². The van der Waals surface area contributed by atoms with Crippen LogP contribution in [0.5, 0.6) is 5.75 Å². The summed E-state index contributed by atoms with van der Waals surface area (Å²) in [5.74, 6) is -3.67. The van der Waals surface area contributed by atoms with Crippen LogP contribution in [0.3, 0.4) is 0 Å². The van der Waals surface area contributed by atoms with Crippen LogP contribution < -0.4 is 4.74 Å². The van der Waals surface area contributed by atoms with E-state index < -0.39 is 43.1 Å². The summed E-state index contributed by atoms with van der Waals surface area (Å²) in [4.78, 5) is 0. The molecule has 0 amide bonds. The van der Waals surface area contributed by atoms with Gasteiger partial charge in [-0.3, -0.25) is 4.74 Å². The van der Waals surface area contributed by atoms with Crippen LogP contribution in [0.15, 0.2) is 42.5 Å². The Hall–Kier alpha value is -1.89. The molecule has 2 saturated heterocycles. The lowest BCUT2D eigenvalue weighted by Gasteiger charge is -2.45. The van der Waals surface area contributed by atoms with Gasteiger partial charge in [-0.1, -0.05) is 29.8 Å². The summed E-state index contributed by atoms with van der Waals surface area (Å²) in [6.45, 7) is -2.93. The molecule has 196 valence electrons. The Bertz CT molecular complexity index is 1070. The molecule has 5 rings (SSSR count). The number of rotatable bonds is 10. The number of alkyl halides is 2. The maximum atomic E-state index is 13.1. The molecule has 0 spiro atoms. The molecule has 2 bridgehead atoms. The third-order valence-corrected chi connectivity index (χ3v) is 6.95. The summed E-state index contributed by atoms with van der Waals surface area (Å²) in [5, 5.41) is 31.8. The molecular formula is C25H27ClF2O8. The van der Waals surface area contributed by atoms with Gasteiger partial charge in [-0.2, -0.15) is 8.78 Å². The molecular weight excluding hydrogens is 502 g/mol. The lowest BCUT2D eigenvalue weighted by Crippen LogP contribution is -2.65. The number of benzene rings is 2. The monoisotopic (exact) mass is 528 g/mol. The van der Waals surface area contributed by atoms with Crippen molar-refractivity contribution in [3.63, 3.8) is 0 Å². The third kappa shape index (κ3) is 4.97. The highest BCUT2D eigenvalue weighted by molar-refractivity contribution is 6.31. The first-order valence-electron chi connectivity index (χ1n) is 11.7. The SMILES string of the molecule is O[C@@H]1[C@@H](O)[C@@]2(c3ccc(Cl)c(Cc4ccc(OCCOC5CC5)cc4)c3)OC[C@@](OC(F)F)(O2)[C@H]1O. The first-order valence-corrected chi connectivity index (χ1v) is 12.1. The molecule has 11 heteroatoms. The second-order valence-electron chi connectivity index (χ2n) is 9.17. The number of fused-ring (bicyclic) bond motifs is 2. The smallest absolute Gasteiger partial charge is 0.347 e.